The van der Waals surface area contributed by atoms with Crippen LogP contribution < -0.4 is 5.32 Å². The van der Waals surface area contributed by atoms with Gasteiger partial charge in [-0.1, -0.05) is 98.9 Å². The van der Waals surface area contributed by atoms with Crippen LogP contribution in [0.3, 0.4) is 0 Å². The number of amides is 1. The van der Waals surface area contributed by atoms with Gasteiger partial charge in [0.1, 0.15) is 0 Å². The number of fused-ring (bicyclic) bond motifs is 1. The summed E-state index contributed by atoms with van der Waals surface area (Å²) in [4.78, 5) is 36.6. The third-order valence-corrected chi connectivity index (χ3v) is 4.95. The number of ketones is 2. The smallest absolute Gasteiger partial charge is 0.243 e. The Hall–Kier alpha value is -3.73. The number of nitrogens with one attached hydrogen (secondary N) is 1. The molecule has 0 saturated carbocycles. The van der Waals surface area contributed by atoms with E-state index in [1.165, 1.54) is 12.2 Å². The second kappa shape index (κ2) is 12.2. The minimum absolute atomic E-state index is 0.0213. The average molecular weight is 432 g/mol. The van der Waals surface area contributed by atoms with Gasteiger partial charge in [0, 0.05) is 24.5 Å². The number of Topliss-reactive ketones (excluding diaryl/α,β-unsaturated/α-hetero) is 1. The Kier molecular flexibility index (Phi) is 9.36. The summed E-state index contributed by atoms with van der Waals surface area (Å²) >= 11 is 0. The molecule has 0 bridgehead atoms. The van der Waals surface area contributed by atoms with E-state index in [1.54, 1.807) is 55.5 Å². The van der Waals surface area contributed by atoms with Crippen LogP contribution in [0.5, 0.6) is 0 Å². The van der Waals surface area contributed by atoms with Crippen LogP contribution in [0, 0.1) is 11.3 Å². The summed E-state index contributed by atoms with van der Waals surface area (Å²) in [5.41, 5.74) is -0.814. The average Bonchev–Trinajstić information content (AvgIpc) is 2.97. The maximum atomic E-state index is 12.7. The highest BCUT2D eigenvalue weighted by molar-refractivity contribution is 6.14. The summed E-state index contributed by atoms with van der Waals surface area (Å²) in [7, 11) is 0. The zero-order chi connectivity index (χ0) is 23.4. The lowest BCUT2D eigenvalue weighted by atomic mass is 9.80. The molecule has 1 aliphatic heterocycles. The SMILES string of the molecule is C[C@H]1\C=C/C=C\C=C/C=C\C=C/C(=O)C2=C(O)C(=O)C[C@@]2(C)\C=C/C=C\C=C/C(=O)NC1. The second-order valence-electron chi connectivity index (χ2n) is 7.83. The van der Waals surface area contributed by atoms with Gasteiger partial charge in [0.05, 0.1) is 5.57 Å². The van der Waals surface area contributed by atoms with Crippen molar-refractivity contribution in [1.82, 2.24) is 5.32 Å². The predicted molar refractivity (Wildman–Crippen MR) is 128 cm³/mol. The van der Waals surface area contributed by atoms with Crippen molar-refractivity contribution in [3.8, 4) is 0 Å². The van der Waals surface area contributed by atoms with E-state index < -0.39 is 22.7 Å². The molecule has 0 spiro atoms. The van der Waals surface area contributed by atoms with Crippen LogP contribution in [0.1, 0.15) is 20.3 Å². The summed E-state index contributed by atoms with van der Waals surface area (Å²) in [5.74, 6) is -1.34. The first-order valence-corrected chi connectivity index (χ1v) is 10.5. The van der Waals surface area contributed by atoms with Crippen molar-refractivity contribution in [3.63, 3.8) is 0 Å². The van der Waals surface area contributed by atoms with Crippen LogP contribution in [0.4, 0.5) is 0 Å². The quantitative estimate of drug-likeness (QED) is 0.589. The zero-order valence-corrected chi connectivity index (χ0v) is 18.4. The molecular weight excluding hydrogens is 402 g/mol. The van der Waals surface area contributed by atoms with Gasteiger partial charge < -0.3 is 10.4 Å². The van der Waals surface area contributed by atoms with Gasteiger partial charge in [0.25, 0.3) is 0 Å². The number of hydrogen-bond donors (Lipinski definition) is 2. The number of carbonyl (C=O) groups is 3. The fraction of sp³-hybridized carbons (Fsp3) is 0.222. The summed E-state index contributed by atoms with van der Waals surface area (Å²) < 4.78 is 0. The van der Waals surface area contributed by atoms with Crippen LogP contribution in [0.2, 0.25) is 0 Å². The van der Waals surface area contributed by atoms with E-state index in [2.05, 4.69) is 5.32 Å². The molecule has 0 radical (unpaired) electrons. The Labute approximate surface area is 189 Å². The Morgan fingerprint density at radius 2 is 1.41 bits per heavy atom. The fourth-order valence-electron chi connectivity index (χ4n) is 3.25. The third-order valence-electron chi connectivity index (χ3n) is 4.95. The molecule has 0 fully saturated rings. The molecule has 0 unspecified atom stereocenters. The monoisotopic (exact) mass is 431 g/mol. The molecule has 2 aliphatic rings. The third kappa shape index (κ3) is 7.51. The highest BCUT2D eigenvalue weighted by atomic mass is 16.3. The van der Waals surface area contributed by atoms with Crippen molar-refractivity contribution >= 4 is 17.5 Å². The molecule has 0 aromatic carbocycles. The second-order valence-corrected chi connectivity index (χ2v) is 7.83. The largest absolute Gasteiger partial charge is 0.504 e. The Morgan fingerprint density at radius 3 is 2.09 bits per heavy atom. The van der Waals surface area contributed by atoms with Crippen molar-refractivity contribution in [3.05, 3.63) is 109 Å². The molecule has 5 nitrogen and oxygen atoms in total. The van der Waals surface area contributed by atoms with E-state index in [0.29, 0.717) is 6.54 Å². The molecule has 0 aromatic rings. The lowest BCUT2D eigenvalue weighted by Crippen LogP contribution is -2.25. The van der Waals surface area contributed by atoms with Gasteiger partial charge in [-0.25, -0.2) is 0 Å². The van der Waals surface area contributed by atoms with Crippen molar-refractivity contribution in [2.24, 2.45) is 11.3 Å². The first-order valence-electron chi connectivity index (χ1n) is 10.5. The van der Waals surface area contributed by atoms with Gasteiger partial charge in [0.15, 0.2) is 17.3 Å². The van der Waals surface area contributed by atoms with E-state index in [0.717, 1.165) is 0 Å². The standard InChI is InChI=1S/C27H29NO4/c1-21-15-11-7-5-3-4-6-8-12-16-22(29)25-26(32)23(30)19-27(25,2)18-14-10-9-13-17-24(31)28-20-21/h3-18,21,32H,19-20H2,1-2H3,(H,28,31)/b4-3-,7-5-,8-6-,10-9-,15-11-,16-12-,17-13-,18-14-/t21-,27+/m0/s1. The van der Waals surface area contributed by atoms with Crippen molar-refractivity contribution in [1.29, 1.82) is 0 Å². The van der Waals surface area contributed by atoms with Crippen molar-refractivity contribution in [2.75, 3.05) is 6.54 Å². The maximum absolute atomic E-state index is 12.7. The Morgan fingerprint density at radius 1 is 0.844 bits per heavy atom. The molecule has 0 aromatic heterocycles. The van der Waals surface area contributed by atoms with Crippen LogP contribution in [-0.4, -0.2) is 29.1 Å². The van der Waals surface area contributed by atoms with Crippen LogP contribution in [-0.2, 0) is 14.4 Å². The summed E-state index contributed by atoms with van der Waals surface area (Å²) in [6, 6.07) is 0. The fourth-order valence-corrected chi connectivity index (χ4v) is 3.25. The van der Waals surface area contributed by atoms with Gasteiger partial charge in [-0.05, 0) is 12.0 Å². The van der Waals surface area contributed by atoms with Crippen molar-refractivity contribution < 1.29 is 19.5 Å². The minimum Gasteiger partial charge on any atom is -0.504 e. The molecule has 2 atom stereocenters. The zero-order valence-electron chi connectivity index (χ0n) is 18.4. The topological polar surface area (TPSA) is 83.5 Å². The van der Waals surface area contributed by atoms with E-state index in [1.807, 2.05) is 43.4 Å². The minimum atomic E-state index is -0.902. The molecule has 1 amide bonds. The van der Waals surface area contributed by atoms with E-state index in [9.17, 15) is 19.5 Å². The van der Waals surface area contributed by atoms with Gasteiger partial charge in [-0.3, -0.25) is 14.4 Å². The van der Waals surface area contributed by atoms with Gasteiger partial charge >= 0.3 is 0 Å². The highest BCUT2D eigenvalue weighted by Crippen LogP contribution is 2.42. The molecular formula is C27H29NO4. The lowest BCUT2D eigenvalue weighted by molar-refractivity contribution is -0.118. The molecule has 1 heterocycles. The summed E-state index contributed by atoms with van der Waals surface area (Å²) in [6.07, 6.45) is 27.6. The van der Waals surface area contributed by atoms with Crippen LogP contribution in [0.15, 0.2) is 109 Å². The molecule has 166 valence electrons. The van der Waals surface area contributed by atoms with E-state index >= 15 is 0 Å². The molecule has 32 heavy (non-hydrogen) atoms. The first kappa shape index (κ1) is 24.5. The number of allylic oxidation sites excluding steroid dienone is 16. The Bertz CT molecular complexity index is 999. The molecule has 2 rings (SSSR count). The highest BCUT2D eigenvalue weighted by Gasteiger charge is 2.43. The van der Waals surface area contributed by atoms with E-state index in [-0.39, 0.29) is 23.8 Å². The molecule has 0 saturated heterocycles. The van der Waals surface area contributed by atoms with E-state index in [4.69, 9.17) is 0 Å². The van der Waals surface area contributed by atoms with Gasteiger partial charge in [-0.2, -0.15) is 0 Å². The van der Waals surface area contributed by atoms with Crippen LogP contribution >= 0.6 is 0 Å². The van der Waals surface area contributed by atoms with Crippen LogP contribution in [0.25, 0.3) is 0 Å². The normalized spacial score (nSPS) is 33.4. The number of hydrogen-bond acceptors (Lipinski definition) is 4. The molecule has 2 N–H and O–H groups in total. The maximum Gasteiger partial charge on any atom is 0.243 e. The number of aliphatic hydroxyl groups excluding tert-OH is 1. The Balaban J connectivity index is 2.27. The summed E-state index contributed by atoms with van der Waals surface area (Å²) in [5, 5.41) is 13.0. The molecule has 1 aliphatic carbocycles. The number of rotatable bonds is 0. The van der Waals surface area contributed by atoms with Crippen molar-refractivity contribution in [2.45, 2.75) is 20.3 Å². The molecule has 5 heteroatoms. The van der Waals surface area contributed by atoms with Gasteiger partial charge in [-0.15, -0.1) is 0 Å². The number of carbonyl (C=O) groups excluding carboxylic acids is 3. The predicted octanol–water partition coefficient (Wildman–Crippen LogP) is 4.56. The summed E-state index contributed by atoms with van der Waals surface area (Å²) in [6.45, 7) is 4.28. The first-order chi connectivity index (χ1) is 15.3. The number of aliphatic hydroxyl groups is 1. The lowest BCUT2D eigenvalue weighted by Gasteiger charge is -2.20. The van der Waals surface area contributed by atoms with Gasteiger partial charge in [0.2, 0.25) is 5.91 Å².